The van der Waals surface area contributed by atoms with Crippen LogP contribution in [0.25, 0.3) is 5.69 Å². The van der Waals surface area contributed by atoms with Gasteiger partial charge in [-0.2, -0.15) is 18.3 Å². The molecular weight excluding hydrogens is 435 g/mol. The molecule has 1 aromatic carbocycles. The first-order valence-corrected chi connectivity index (χ1v) is 11.0. The third-order valence-electron chi connectivity index (χ3n) is 6.46. The number of anilines is 1. The molecule has 178 valence electrons. The van der Waals surface area contributed by atoms with E-state index in [1.807, 2.05) is 13.8 Å². The summed E-state index contributed by atoms with van der Waals surface area (Å²) in [6.07, 6.45) is -1.20. The highest BCUT2D eigenvalue weighted by Crippen LogP contribution is 2.42. The number of carbonyl (C=O) groups is 2. The summed E-state index contributed by atoms with van der Waals surface area (Å²) in [7, 11) is 0. The third kappa shape index (κ3) is 4.62. The number of fused-ring (bicyclic) bond motifs is 1. The van der Waals surface area contributed by atoms with E-state index < -0.39 is 29.0 Å². The quantitative estimate of drug-likeness (QED) is 0.637. The minimum absolute atomic E-state index is 0.0199. The van der Waals surface area contributed by atoms with Crippen LogP contribution in [0.2, 0.25) is 0 Å². The Bertz CT molecular complexity index is 1100. The van der Waals surface area contributed by atoms with Crippen molar-refractivity contribution < 1.29 is 22.8 Å². The van der Waals surface area contributed by atoms with Crippen LogP contribution in [-0.4, -0.2) is 33.6 Å². The number of hydrogen-bond donors (Lipinski definition) is 3. The number of alkyl halides is 3. The molecule has 1 amide bonds. The summed E-state index contributed by atoms with van der Waals surface area (Å²) >= 11 is 0. The zero-order valence-electron chi connectivity index (χ0n) is 18.6. The molecule has 0 saturated heterocycles. The van der Waals surface area contributed by atoms with Crippen LogP contribution < -0.4 is 16.8 Å². The van der Waals surface area contributed by atoms with E-state index in [0.29, 0.717) is 11.4 Å². The Labute approximate surface area is 189 Å². The van der Waals surface area contributed by atoms with Gasteiger partial charge in [0.25, 0.3) is 5.91 Å². The van der Waals surface area contributed by atoms with Gasteiger partial charge in [-0.25, -0.2) is 4.68 Å². The van der Waals surface area contributed by atoms with Gasteiger partial charge in [-0.15, -0.1) is 0 Å². The summed E-state index contributed by atoms with van der Waals surface area (Å²) in [4.78, 5) is 24.7. The molecule has 1 fully saturated rings. The topological polar surface area (TPSA) is 116 Å². The molecule has 0 bridgehead atoms. The van der Waals surface area contributed by atoms with Crippen molar-refractivity contribution in [1.29, 1.82) is 0 Å². The molecule has 2 aliphatic rings. The standard InChI is InChI=1S/C23H28F3N5O2/c1-22(2)10-17-19(18(32)11-22)20(23(24,25)26)30-31(17)14-7-8-15(21(28)33)16(9-14)29-13-5-3-12(27)4-6-13/h7-9,12-13,29H,3-6,10-11,27H2,1-2H3,(H2,28,33). The molecule has 0 unspecified atom stereocenters. The molecule has 1 aromatic heterocycles. The van der Waals surface area contributed by atoms with E-state index in [4.69, 9.17) is 11.5 Å². The van der Waals surface area contributed by atoms with E-state index in [9.17, 15) is 22.8 Å². The van der Waals surface area contributed by atoms with Gasteiger partial charge in [-0.1, -0.05) is 13.8 Å². The maximum absolute atomic E-state index is 13.7. The highest BCUT2D eigenvalue weighted by atomic mass is 19.4. The van der Waals surface area contributed by atoms with E-state index in [2.05, 4.69) is 10.4 Å². The summed E-state index contributed by atoms with van der Waals surface area (Å²) in [5.74, 6) is -1.21. The average Bonchev–Trinajstić information content (AvgIpc) is 3.08. The number of nitrogens with zero attached hydrogens (tertiary/aromatic N) is 2. The van der Waals surface area contributed by atoms with Gasteiger partial charge in [0.05, 0.1) is 22.5 Å². The van der Waals surface area contributed by atoms with E-state index in [-0.39, 0.29) is 41.7 Å². The van der Waals surface area contributed by atoms with Gasteiger partial charge in [0.15, 0.2) is 11.5 Å². The van der Waals surface area contributed by atoms with Crippen molar-refractivity contribution in [3.8, 4) is 5.69 Å². The van der Waals surface area contributed by atoms with Crippen molar-refractivity contribution in [2.45, 2.75) is 70.6 Å². The molecule has 0 radical (unpaired) electrons. The maximum atomic E-state index is 13.7. The lowest BCUT2D eigenvalue weighted by Gasteiger charge is -2.30. The first kappa shape index (κ1) is 23.3. The smallest absolute Gasteiger partial charge is 0.382 e. The zero-order valence-corrected chi connectivity index (χ0v) is 18.6. The average molecular weight is 464 g/mol. The van der Waals surface area contributed by atoms with Crippen LogP contribution in [0.4, 0.5) is 18.9 Å². The SMILES string of the molecule is CC1(C)CC(=O)c2c(C(F)(F)F)nn(-c3ccc(C(N)=O)c(NC4CCC(N)CC4)c3)c2C1. The third-order valence-corrected chi connectivity index (χ3v) is 6.46. The normalized spacial score (nSPS) is 22.7. The highest BCUT2D eigenvalue weighted by molar-refractivity contribution is 6.00. The second-order valence-corrected chi connectivity index (χ2v) is 9.87. The van der Waals surface area contributed by atoms with E-state index >= 15 is 0 Å². The molecule has 33 heavy (non-hydrogen) atoms. The lowest BCUT2D eigenvalue weighted by atomic mass is 9.75. The number of amides is 1. The minimum atomic E-state index is -4.76. The summed E-state index contributed by atoms with van der Waals surface area (Å²) in [5.41, 5.74) is 10.7. The van der Waals surface area contributed by atoms with Crippen molar-refractivity contribution in [2.75, 3.05) is 5.32 Å². The van der Waals surface area contributed by atoms with Crippen LogP contribution >= 0.6 is 0 Å². The van der Waals surface area contributed by atoms with Crippen LogP contribution in [0.3, 0.4) is 0 Å². The molecule has 2 aliphatic carbocycles. The van der Waals surface area contributed by atoms with Crippen molar-refractivity contribution in [2.24, 2.45) is 16.9 Å². The number of carbonyl (C=O) groups excluding carboxylic acids is 2. The summed E-state index contributed by atoms with van der Waals surface area (Å²) in [6.45, 7) is 3.69. The van der Waals surface area contributed by atoms with E-state index in [1.165, 1.54) is 16.8 Å². The summed E-state index contributed by atoms with van der Waals surface area (Å²) < 4.78 is 42.4. The Morgan fingerprint density at radius 2 is 1.85 bits per heavy atom. The van der Waals surface area contributed by atoms with Crippen LogP contribution in [0.1, 0.15) is 78.1 Å². The number of ketones is 1. The molecular formula is C23H28F3N5O2. The fourth-order valence-electron chi connectivity index (χ4n) is 4.84. The molecule has 10 heteroatoms. The lowest BCUT2D eigenvalue weighted by Crippen LogP contribution is -2.33. The first-order chi connectivity index (χ1) is 15.4. The highest BCUT2D eigenvalue weighted by Gasteiger charge is 2.45. The predicted octanol–water partition coefficient (Wildman–Crippen LogP) is 3.83. The van der Waals surface area contributed by atoms with Gasteiger partial charge in [0.1, 0.15) is 0 Å². The van der Waals surface area contributed by atoms with Gasteiger partial charge in [0, 0.05) is 24.2 Å². The molecule has 5 N–H and O–H groups in total. The number of halogens is 3. The van der Waals surface area contributed by atoms with Crippen molar-refractivity contribution in [3.05, 3.63) is 40.7 Å². The van der Waals surface area contributed by atoms with Crippen molar-refractivity contribution in [1.82, 2.24) is 9.78 Å². The Balaban J connectivity index is 1.81. The Morgan fingerprint density at radius 3 is 2.45 bits per heavy atom. The van der Waals surface area contributed by atoms with Gasteiger partial charge in [0.2, 0.25) is 0 Å². The van der Waals surface area contributed by atoms with Crippen LogP contribution in [-0.2, 0) is 12.6 Å². The molecule has 0 atom stereocenters. The fourth-order valence-corrected chi connectivity index (χ4v) is 4.84. The summed E-state index contributed by atoms with van der Waals surface area (Å²) in [6, 6.07) is 4.76. The van der Waals surface area contributed by atoms with Gasteiger partial charge < -0.3 is 16.8 Å². The molecule has 1 saturated carbocycles. The Morgan fingerprint density at radius 1 is 1.18 bits per heavy atom. The molecule has 2 aromatic rings. The molecule has 4 rings (SSSR count). The van der Waals surface area contributed by atoms with E-state index in [1.54, 1.807) is 6.07 Å². The van der Waals surface area contributed by atoms with E-state index in [0.717, 1.165) is 25.7 Å². The van der Waals surface area contributed by atoms with Gasteiger partial charge in [-0.05, 0) is 55.7 Å². The lowest BCUT2D eigenvalue weighted by molar-refractivity contribution is -0.141. The predicted molar refractivity (Wildman–Crippen MR) is 117 cm³/mol. The van der Waals surface area contributed by atoms with Crippen LogP contribution in [0.5, 0.6) is 0 Å². The number of nitrogens with one attached hydrogen (secondary N) is 1. The molecule has 0 spiro atoms. The van der Waals surface area contributed by atoms with Crippen molar-refractivity contribution >= 4 is 17.4 Å². The second-order valence-electron chi connectivity index (χ2n) is 9.87. The number of nitrogens with two attached hydrogens (primary N) is 2. The van der Waals surface area contributed by atoms with Crippen LogP contribution in [0.15, 0.2) is 18.2 Å². The number of aromatic nitrogens is 2. The number of rotatable bonds is 4. The maximum Gasteiger partial charge on any atom is 0.435 e. The Hall–Kier alpha value is -2.88. The monoisotopic (exact) mass is 463 g/mol. The number of primary amides is 1. The largest absolute Gasteiger partial charge is 0.435 e. The second kappa shape index (κ2) is 8.16. The summed E-state index contributed by atoms with van der Waals surface area (Å²) in [5, 5.41) is 7.15. The zero-order chi connectivity index (χ0) is 24.1. The molecule has 0 aliphatic heterocycles. The Kier molecular flexibility index (Phi) is 5.76. The van der Waals surface area contributed by atoms with Gasteiger partial charge >= 0.3 is 6.18 Å². The van der Waals surface area contributed by atoms with Crippen molar-refractivity contribution in [3.63, 3.8) is 0 Å². The molecule has 1 heterocycles. The number of hydrogen-bond acceptors (Lipinski definition) is 5. The minimum Gasteiger partial charge on any atom is -0.382 e. The number of benzene rings is 1. The molecule has 7 nitrogen and oxygen atoms in total. The van der Waals surface area contributed by atoms with Crippen LogP contribution in [0, 0.1) is 5.41 Å². The fraction of sp³-hybridized carbons (Fsp3) is 0.522. The first-order valence-electron chi connectivity index (χ1n) is 11.0. The van der Waals surface area contributed by atoms with Gasteiger partial charge in [-0.3, -0.25) is 9.59 Å². The number of Topliss-reactive ketones (excluding diaryl/α,β-unsaturated/α-hetero) is 1.